The third-order valence-corrected chi connectivity index (χ3v) is 8.32. The van der Waals surface area contributed by atoms with Crippen LogP contribution in [0.25, 0.3) is 10.2 Å². The summed E-state index contributed by atoms with van der Waals surface area (Å²) in [7, 11) is -3.33. The Bertz CT molecular complexity index is 1130. The molecule has 1 aromatic heterocycles. The zero-order valence-electron chi connectivity index (χ0n) is 17.0. The number of sulfone groups is 1. The largest absolute Gasteiger partial charge is 0.345 e. The van der Waals surface area contributed by atoms with E-state index in [0.29, 0.717) is 24.4 Å². The first-order valence-corrected chi connectivity index (χ1v) is 12.6. The molecule has 0 aliphatic carbocycles. The summed E-state index contributed by atoms with van der Waals surface area (Å²) in [5, 5.41) is 1.00. The number of aromatic nitrogens is 1. The van der Waals surface area contributed by atoms with Gasteiger partial charge >= 0.3 is 0 Å². The lowest BCUT2D eigenvalue weighted by atomic mass is 10.2. The number of hydrogen-bond donors (Lipinski definition) is 0. The highest BCUT2D eigenvalue weighted by Gasteiger charge is 2.24. The molecule has 2 heterocycles. The molecule has 3 aromatic rings. The van der Waals surface area contributed by atoms with E-state index in [0.717, 1.165) is 23.7 Å². The molecule has 1 aliphatic heterocycles. The van der Waals surface area contributed by atoms with E-state index in [1.54, 1.807) is 41.7 Å². The molecule has 0 N–H and O–H groups in total. The molecular formula is C22H25N3O3S2. The minimum atomic E-state index is -3.33. The summed E-state index contributed by atoms with van der Waals surface area (Å²) < 4.78 is 25.9. The van der Waals surface area contributed by atoms with Crippen molar-refractivity contribution in [3.8, 4) is 0 Å². The second-order valence-corrected chi connectivity index (χ2v) is 10.6. The maximum Gasteiger partial charge on any atom is 0.222 e. The number of anilines is 1. The highest BCUT2D eigenvalue weighted by atomic mass is 32.2. The van der Waals surface area contributed by atoms with Crippen molar-refractivity contribution in [3.05, 3.63) is 54.1 Å². The first-order chi connectivity index (χ1) is 14.4. The lowest BCUT2D eigenvalue weighted by Gasteiger charge is -2.34. The van der Waals surface area contributed by atoms with Crippen LogP contribution in [0.3, 0.4) is 0 Å². The molecule has 8 heteroatoms. The first kappa shape index (κ1) is 20.8. The van der Waals surface area contributed by atoms with Gasteiger partial charge in [-0.1, -0.05) is 41.7 Å². The van der Waals surface area contributed by atoms with Crippen LogP contribution in [0.15, 0.2) is 53.4 Å². The molecule has 0 atom stereocenters. The average molecular weight is 444 g/mol. The highest BCUT2D eigenvalue weighted by molar-refractivity contribution is 7.91. The number of para-hydroxylation sites is 1. The van der Waals surface area contributed by atoms with Crippen molar-refractivity contribution in [3.63, 3.8) is 0 Å². The number of carbonyl (C=O) groups is 1. The van der Waals surface area contributed by atoms with E-state index in [2.05, 4.69) is 24.0 Å². The Kier molecular flexibility index (Phi) is 6.06. The summed E-state index contributed by atoms with van der Waals surface area (Å²) in [5.41, 5.74) is 2.23. The van der Waals surface area contributed by atoms with Crippen LogP contribution in [-0.2, 0) is 14.6 Å². The second kappa shape index (κ2) is 8.73. The quantitative estimate of drug-likeness (QED) is 0.583. The van der Waals surface area contributed by atoms with E-state index >= 15 is 0 Å². The van der Waals surface area contributed by atoms with Gasteiger partial charge in [0.25, 0.3) is 0 Å². The Morgan fingerprint density at radius 1 is 1.03 bits per heavy atom. The third-order valence-electron chi connectivity index (χ3n) is 5.42. The number of carbonyl (C=O) groups excluding carboxylic acids is 1. The molecule has 0 saturated carbocycles. The molecule has 30 heavy (non-hydrogen) atoms. The number of thiazole rings is 1. The van der Waals surface area contributed by atoms with Crippen LogP contribution in [0.5, 0.6) is 0 Å². The lowest BCUT2D eigenvalue weighted by Crippen LogP contribution is -2.48. The highest BCUT2D eigenvalue weighted by Crippen LogP contribution is 2.31. The van der Waals surface area contributed by atoms with Gasteiger partial charge in [0.05, 0.1) is 20.9 Å². The monoisotopic (exact) mass is 443 g/mol. The molecule has 158 valence electrons. The summed E-state index contributed by atoms with van der Waals surface area (Å²) in [6.45, 7) is 4.83. The van der Waals surface area contributed by atoms with Crippen molar-refractivity contribution < 1.29 is 13.2 Å². The van der Waals surface area contributed by atoms with Crippen LogP contribution in [0, 0.1) is 6.92 Å². The Labute approximate surface area is 181 Å². The Hall–Kier alpha value is -2.45. The average Bonchev–Trinajstić information content (AvgIpc) is 3.20. The third kappa shape index (κ3) is 4.49. The van der Waals surface area contributed by atoms with E-state index in [9.17, 15) is 13.2 Å². The van der Waals surface area contributed by atoms with Crippen molar-refractivity contribution in [1.82, 2.24) is 9.88 Å². The second-order valence-electron chi connectivity index (χ2n) is 7.52. The van der Waals surface area contributed by atoms with E-state index in [4.69, 9.17) is 4.98 Å². The van der Waals surface area contributed by atoms with Crippen molar-refractivity contribution in [2.75, 3.05) is 36.8 Å². The van der Waals surface area contributed by atoms with E-state index in [-0.39, 0.29) is 18.1 Å². The Morgan fingerprint density at radius 3 is 2.47 bits per heavy atom. The van der Waals surface area contributed by atoms with Crippen LogP contribution < -0.4 is 4.90 Å². The van der Waals surface area contributed by atoms with Gasteiger partial charge in [-0.15, -0.1) is 0 Å². The molecule has 6 nitrogen and oxygen atoms in total. The van der Waals surface area contributed by atoms with Gasteiger partial charge in [-0.3, -0.25) is 4.79 Å². The van der Waals surface area contributed by atoms with Crippen LogP contribution in [-0.4, -0.2) is 56.1 Å². The molecular weight excluding hydrogens is 418 g/mol. The van der Waals surface area contributed by atoms with Crippen molar-refractivity contribution in [2.45, 2.75) is 24.7 Å². The topological polar surface area (TPSA) is 70.6 Å². The molecule has 1 saturated heterocycles. The molecule has 2 aromatic carbocycles. The van der Waals surface area contributed by atoms with Crippen LogP contribution in [0.1, 0.15) is 18.4 Å². The molecule has 0 bridgehead atoms. The minimum absolute atomic E-state index is 0.00618. The zero-order chi connectivity index (χ0) is 21.1. The van der Waals surface area contributed by atoms with Gasteiger partial charge in [0.2, 0.25) is 5.91 Å². The first-order valence-electron chi connectivity index (χ1n) is 10.1. The van der Waals surface area contributed by atoms with Crippen molar-refractivity contribution >= 4 is 42.4 Å². The maximum absolute atomic E-state index is 12.5. The lowest BCUT2D eigenvalue weighted by molar-refractivity contribution is -0.131. The van der Waals surface area contributed by atoms with Crippen LogP contribution in [0.2, 0.25) is 0 Å². The van der Waals surface area contributed by atoms with Gasteiger partial charge in [0.1, 0.15) is 0 Å². The number of hydrogen-bond acceptors (Lipinski definition) is 6. The Balaban J connectivity index is 1.28. The molecule has 4 rings (SSSR count). The van der Waals surface area contributed by atoms with Gasteiger partial charge in [0, 0.05) is 32.6 Å². The standard InChI is InChI=1S/C22H25N3O3S2/c1-17-7-5-10-19-21(17)23-22(29-19)25-14-12-24(13-15-25)20(26)11-6-16-30(27,28)18-8-3-2-4-9-18/h2-5,7-10H,6,11-16H2,1H3. The predicted octanol–water partition coefficient (Wildman–Crippen LogP) is 3.51. The smallest absolute Gasteiger partial charge is 0.222 e. The normalized spacial score (nSPS) is 15.0. The fourth-order valence-corrected chi connectivity index (χ4v) is 6.10. The maximum atomic E-state index is 12.5. The van der Waals surface area contributed by atoms with Gasteiger partial charge in [0.15, 0.2) is 15.0 Å². The van der Waals surface area contributed by atoms with Gasteiger partial charge in [-0.25, -0.2) is 13.4 Å². The summed E-state index contributed by atoms with van der Waals surface area (Å²) in [4.78, 5) is 21.7. The molecule has 0 radical (unpaired) electrons. The number of nitrogens with zero attached hydrogens (tertiary/aromatic N) is 3. The van der Waals surface area contributed by atoms with Crippen LogP contribution >= 0.6 is 11.3 Å². The number of piperazine rings is 1. The molecule has 1 aliphatic rings. The molecule has 1 amide bonds. The number of fused-ring (bicyclic) bond motifs is 1. The predicted molar refractivity (Wildman–Crippen MR) is 121 cm³/mol. The van der Waals surface area contributed by atoms with Crippen molar-refractivity contribution in [1.29, 1.82) is 0 Å². The SMILES string of the molecule is Cc1cccc2sc(N3CCN(C(=O)CCCS(=O)(=O)c4ccccc4)CC3)nc12. The fourth-order valence-electron chi connectivity index (χ4n) is 3.67. The molecule has 0 unspecified atom stereocenters. The van der Waals surface area contributed by atoms with Crippen molar-refractivity contribution in [2.24, 2.45) is 0 Å². The van der Waals surface area contributed by atoms with E-state index in [1.165, 1.54) is 10.3 Å². The minimum Gasteiger partial charge on any atom is -0.345 e. The number of aryl methyl sites for hydroxylation is 1. The summed E-state index contributed by atoms with van der Waals surface area (Å²) in [6, 6.07) is 14.6. The van der Waals surface area contributed by atoms with Gasteiger partial charge < -0.3 is 9.80 Å². The summed E-state index contributed by atoms with van der Waals surface area (Å²) in [5.74, 6) is 0.0198. The molecule has 0 spiro atoms. The zero-order valence-corrected chi connectivity index (χ0v) is 18.6. The summed E-state index contributed by atoms with van der Waals surface area (Å²) >= 11 is 1.69. The van der Waals surface area contributed by atoms with Gasteiger partial charge in [-0.2, -0.15) is 0 Å². The van der Waals surface area contributed by atoms with Gasteiger partial charge in [-0.05, 0) is 37.1 Å². The van der Waals surface area contributed by atoms with E-state index < -0.39 is 9.84 Å². The van der Waals surface area contributed by atoms with Crippen LogP contribution in [0.4, 0.5) is 5.13 Å². The number of amides is 1. The number of benzene rings is 2. The fraction of sp³-hybridized carbons (Fsp3) is 0.364. The van der Waals surface area contributed by atoms with E-state index in [1.807, 2.05) is 11.0 Å². The number of rotatable bonds is 6. The molecule has 1 fully saturated rings. The summed E-state index contributed by atoms with van der Waals surface area (Å²) in [6.07, 6.45) is 0.597. The Morgan fingerprint density at radius 2 is 1.77 bits per heavy atom.